The van der Waals surface area contributed by atoms with Gasteiger partial charge in [-0.1, -0.05) is 0 Å². The van der Waals surface area contributed by atoms with Gasteiger partial charge in [0, 0.05) is 84.5 Å². The minimum Gasteiger partial charge on any atom is -0.394 e. The molecule has 58 heavy (non-hydrogen) atoms. The third-order valence-corrected chi connectivity index (χ3v) is 10.2. The number of aliphatic hydroxyl groups is 4. The van der Waals surface area contributed by atoms with E-state index in [0.29, 0.717) is 65.2 Å². The molecule has 24 heteroatoms. The summed E-state index contributed by atoms with van der Waals surface area (Å²) < 4.78 is 0. The van der Waals surface area contributed by atoms with Crippen LogP contribution in [0.5, 0.6) is 0 Å². The lowest BCUT2D eigenvalue weighted by molar-refractivity contribution is -0.464. The number of fused-ring (bicyclic) bond motifs is 7. The molecule has 0 radical (unpaired) electrons. The average molecular weight is 831 g/mol. The van der Waals surface area contributed by atoms with Crippen LogP contribution in [0.4, 0.5) is 0 Å². The molecule has 0 aromatic heterocycles. The van der Waals surface area contributed by atoms with Crippen LogP contribution in [-0.4, -0.2) is 234 Å². The van der Waals surface area contributed by atoms with Crippen molar-refractivity contribution in [1.29, 1.82) is 0 Å². The van der Waals surface area contributed by atoms with Gasteiger partial charge in [0.25, 0.3) is 0 Å². The second-order valence-corrected chi connectivity index (χ2v) is 14.8. The van der Waals surface area contributed by atoms with E-state index < -0.39 is 72.5 Å². The molecule has 4 aliphatic rings. The van der Waals surface area contributed by atoms with Crippen molar-refractivity contribution in [2.45, 2.75) is 62.5 Å². The van der Waals surface area contributed by atoms with Crippen LogP contribution in [0.25, 0.3) is 0 Å². The summed E-state index contributed by atoms with van der Waals surface area (Å²) in [5.74, 6) is -4.48. The molecule has 4 rings (SSSR count). The molecule has 2 unspecified atom stereocenters. The van der Waals surface area contributed by atoms with E-state index in [1.807, 2.05) is 14.7 Å². The third kappa shape index (κ3) is 16.3. The van der Waals surface area contributed by atoms with Crippen LogP contribution in [-0.2, 0) is 48.1 Å². The summed E-state index contributed by atoms with van der Waals surface area (Å²) in [6, 6.07) is -1.40. The quantitative estimate of drug-likeness (QED) is 0.0717. The molecule has 4 amide bonds. The largest absolute Gasteiger partial charge is 0.394 e. The van der Waals surface area contributed by atoms with Gasteiger partial charge in [-0.25, -0.2) is 14.4 Å². The van der Waals surface area contributed by atoms with E-state index in [2.05, 4.69) is 16.0 Å². The van der Waals surface area contributed by atoms with Gasteiger partial charge in [0.2, 0.25) is 29.0 Å². The first kappa shape index (κ1) is 46.6. The molecule has 24 nitrogen and oxygen atoms in total. The number of nitrogens with two attached hydrogens (primary N) is 1. The van der Waals surface area contributed by atoms with Gasteiger partial charge < -0.3 is 42.1 Å². The number of amides is 4. The van der Waals surface area contributed by atoms with Crippen molar-refractivity contribution in [1.82, 2.24) is 45.8 Å². The van der Waals surface area contributed by atoms with Crippen molar-refractivity contribution in [3.05, 3.63) is 0 Å². The van der Waals surface area contributed by atoms with E-state index in [-0.39, 0.29) is 83.1 Å². The maximum absolute atomic E-state index is 13.7. The summed E-state index contributed by atoms with van der Waals surface area (Å²) in [5.41, 5.74) is 5.32. The zero-order chi connectivity index (χ0) is 42.2. The van der Waals surface area contributed by atoms with Crippen LogP contribution < -0.4 is 21.7 Å². The third-order valence-electron chi connectivity index (χ3n) is 10.2. The number of aliphatic hydroxyl groups excluding tert-OH is 4. The average Bonchev–Trinajstić information content (AvgIpc) is 3.20. The number of nitrogens with one attached hydrogen (secondary N) is 3. The Kier molecular flexibility index (Phi) is 18.9. The van der Waals surface area contributed by atoms with E-state index in [1.165, 1.54) is 0 Å². The molecule has 4 bridgehead atoms. The molecular formula is C34H58N10O14. The summed E-state index contributed by atoms with van der Waals surface area (Å²) in [4.78, 5) is 114. The summed E-state index contributed by atoms with van der Waals surface area (Å²) >= 11 is 0. The fourth-order valence-corrected chi connectivity index (χ4v) is 6.88. The van der Waals surface area contributed by atoms with Crippen LogP contribution in [0.1, 0.15) is 32.1 Å². The molecule has 4 saturated heterocycles. The number of carbonyl (C=O) groups is 7. The van der Waals surface area contributed by atoms with E-state index in [4.69, 9.17) is 25.4 Å². The summed E-state index contributed by atoms with van der Waals surface area (Å²) in [6.45, 7) is 2.14. The van der Waals surface area contributed by atoms with Gasteiger partial charge in [0.15, 0.2) is 0 Å². The Bertz CT molecular complexity index is 1390. The van der Waals surface area contributed by atoms with Crippen molar-refractivity contribution < 1.29 is 68.5 Å². The van der Waals surface area contributed by atoms with Gasteiger partial charge >= 0.3 is 17.9 Å². The lowest BCUT2D eigenvalue weighted by atomic mass is 10.0. The second-order valence-electron chi connectivity index (χ2n) is 14.8. The highest BCUT2D eigenvalue weighted by atomic mass is 17.2. The van der Waals surface area contributed by atoms with Gasteiger partial charge in [0.05, 0.1) is 45.4 Å². The molecule has 4 heterocycles. The van der Waals surface area contributed by atoms with Gasteiger partial charge in [-0.15, -0.1) is 0 Å². The Morgan fingerprint density at radius 3 is 1.69 bits per heavy atom. The number of likely N-dealkylation sites (tertiary alicyclic amines) is 1. The first-order valence-corrected chi connectivity index (χ1v) is 19.5. The summed E-state index contributed by atoms with van der Waals surface area (Å²) in [6.07, 6.45) is -3.96. The van der Waals surface area contributed by atoms with Crippen LogP contribution in [0.3, 0.4) is 0 Å². The lowest BCUT2D eigenvalue weighted by Gasteiger charge is -2.33. The Balaban J connectivity index is 1.42. The maximum Gasteiger partial charge on any atom is 0.346 e. The van der Waals surface area contributed by atoms with Crippen molar-refractivity contribution in [2.75, 3.05) is 111 Å². The Morgan fingerprint density at radius 2 is 1.19 bits per heavy atom. The normalized spacial score (nSPS) is 26.4. The molecule has 0 spiro atoms. The lowest BCUT2D eigenvalue weighted by Crippen LogP contribution is -2.54. The van der Waals surface area contributed by atoms with Gasteiger partial charge in [-0.2, -0.15) is 0 Å². The SMILES string of the molecule is NC(=O)CN1CCC(NC(=O)[C@@H](CCC(=O)NCC[C@@H](O)[C@H](O)[C@H](O)CO)NC(=O)CN2CCN3CCN4CCN(CC2)CC(=O)ON(OC(=O)C3)OC(=O)C4)CC1. The molecule has 0 aliphatic carbocycles. The Labute approximate surface area is 335 Å². The number of primary amides is 1. The highest BCUT2D eigenvalue weighted by Crippen LogP contribution is 2.12. The molecular weight excluding hydrogens is 772 g/mol. The predicted molar refractivity (Wildman–Crippen MR) is 197 cm³/mol. The highest BCUT2D eigenvalue weighted by molar-refractivity contribution is 5.89. The summed E-state index contributed by atoms with van der Waals surface area (Å²) in [5, 5.41) is 46.9. The van der Waals surface area contributed by atoms with Gasteiger partial charge in [-0.05, 0) is 25.7 Å². The van der Waals surface area contributed by atoms with Crippen molar-refractivity contribution in [3.8, 4) is 0 Å². The first-order valence-electron chi connectivity index (χ1n) is 19.5. The minimum atomic E-state index is -1.62. The molecule has 6 atom stereocenters. The van der Waals surface area contributed by atoms with Gasteiger partial charge in [-0.3, -0.25) is 58.2 Å². The number of nitrogens with zero attached hydrogens (tertiary/aromatic N) is 6. The molecule has 4 fully saturated rings. The van der Waals surface area contributed by atoms with E-state index >= 15 is 0 Å². The van der Waals surface area contributed by atoms with Gasteiger partial charge in [0.1, 0.15) is 18.2 Å². The standard InChI is InChI=1S/C34H58N10O14/c35-27(48)17-39-7-4-23(5-8-39)37-34(55)24(1-2-28(49)36-6-3-25(46)33(54)26(47)22-45)38-29(50)18-40-9-11-41-13-15-43-16-14-42(12-10-40)20-31(52)57-44(56-30(51)19-41)58-32(53)21-43/h23-26,33,45-47,54H,1-22H2,(H2,35,48)(H,36,49)(H,37,55)(H,38,50)/t24-,25-,26-,33+/m1/s1. The Hall–Kier alpha value is -4.11. The molecule has 4 aliphatic heterocycles. The van der Waals surface area contributed by atoms with E-state index in [0.717, 1.165) is 0 Å². The Morgan fingerprint density at radius 1 is 0.690 bits per heavy atom. The second kappa shape index (κ2) is 23.5. The summed E-state index contributed by atoms with van der Waals surface area (Å²) in [7, 11) is 0. The molecule has 0 aromatic rings. The monoisotopic (exact) mass is 830 g/mol. The molecule has 0 saturated carbocycles. The van der Waals surface area contributed by atoms with Crippen LogP contribution in [0, 0.1) is 0 Å². The number of rotatable bonds is 16. The van der Waals surface area contributed by atoms with E-state index in [9.17, 15) is 48.9 Å². The van der Waals surface area contributed by atoms with Crippen molar-refractivity contribution in [2.24, 2.45) is 5.73 Å². The highest BCUT2D eigenvalue weighted by Gasteiger charge is 2.32. The first-order chi connectivity index (χ1) is 27.7. The molecule has 328 valence electrons. The zero-order valence-electron chi connectivity index (χ0n) is 32.6. The van der Waals surface area contributed by atoms with E-state index in [1.54, 1.807) is 9.80 Å². The number of carbonyl (C=O) groups excluding carboxylic acids is 7. The zero-order valence-corrected chi connectivity index (χ0v) is 32.6. The fraction of sp³-hybridized carbons (Fsp3) is 0.794. The number of hydrogen-bond donors (Lipinski definition) is 8. The van der Waals surface area contributed by atoms with Crippen LogP contribution in [0.15, 0.2) is 0 Å². The fourth-order valence-electron chi connectivity index (χ4n) is 6.88. The predicted octanol–water partition coefficient (Wildman–Crippen LogP) is -7.18. The van der Waals surface area contributed by atoms with Crippen molar-refractivity contribution in [3.63, 3.8) is 0 Å². The topological polar surface area (TPSA) is 310 Å². The smallest absolute Gasteiger partial charge is 0.346 e. The van der Waals surface area contributed by atoms with Crippen molar-refractivity contribution >= 4 is 41.5 Å². The molecule has 0 aromatic carbocycles. The van der Waals surface area contributed by atoms with Crippen LogP contribution in [0.2, 0.25) is 0 Å². The number of piperidine rings is 1. The molecule has 9 N–H and O–H groups in total. The van der Waals surface area contributed by atoms with Crippen LogP contribution >= 0.6 is 0 Å². The number of hydrogen-bond acceptors (Lipinski definition) is 20. The maximum atomic E-state index is 13.7. The minimum absolute atomic E-state index is 0.0804.